The van der Waals surface area contributed by atoms with E-state index in [-0.39, 0.29) is 5.91 Å². The molecule has 0 aliphatic heterocycles. The molecule has 0 fully saturated rings. The normalized spacial score (nSPS) is 10.7. The number of nitrogens with one attached hydrogen (secondary N) is 1. The topological polar surface area (TPSA) is 56.1 Å². The fourth-order valence-corrected chi connectivity index (χ4v) is 2.24. The maximum Gasteiger partial charge on any atom is 0.248 e. The predicted octanol–water partition coefficient (Wildman–Crippen LogP) is 3.53. The number of carbonyl (C=O) groups is 1. The van der Waals surface area contributed by atoms with E-state index in [1.54, 1.807) is 36.2 Å². The molecule has 1 N–H and O–H groups in total. The van der Waals surface area contributed by atoms with Crippen LogP contribution in [0.4, 0.5) is 5.69 Å². The lowest BCUT2D eigenvalue weighted by Gasteiger charge is -2.07. The lowest BCUT2D eigenvalue weighted by Crippen LogP contribution is -2.08. The minimum absolute atomic E-state index is 0.230. The first-order chi connectivity index (χ1) is 11.8. The average molecular weight is 319 g/mol. The molecule has 5 nitrogen and oxygen atoms in total. The Kier molecular flexibility index (Phi) is 4.72. The van der Waals surface area contributed by atoms with Gasteiger partial charge in [0.15, 0.2) is 0 Å². The number of carbonyl (C=O) groups excluding carboxylic acids is 1. The van der Waals surface area contributed by atoms with Crippen molar-refractivity contribution in [2.45, 2.75) is 0 Å². The molecule has 0 radical (unpaired) electrons. The summed E-state index contributed by atoms with van der Waals surface area (Å²) < 4.78 is 6.97. The molecule has 0 atom stereocenters. The van der Waals surface area contributed by atoms with Crippen molar-refractivity contribution >= 4 is 17.7 Å². The first kappa shape index (κ1) is 15.6. The van der Waals surface area contributed by atoms with Crippen molar-refractivity contribution in [2.75, 3.05) is 12.4 Å². The van der Waals surface area contributed by atoms with Gasteiger partial charge >= 0.3 is 0 Å². The van der Waals surface area contributed by atoms with Crippen molar-refractivity contribution in [2.24, 2.45) is 0 Å². The van der Waals surface area contributed by atoms with Gasteiger partial charge in [0.05, 0.1) is 24.7 Å². The van der Waals surface area contributed by atoms with Crippen LogP contribution in [0.2, 0.25) is 0 Å². The molecule has 0 saturated carbocycles. The molecule has 1 aromatic heterocycles. The molecule has 5 heteroatoms. The van der Waals surface area contributed by atoms with Crippen LogP contribution >= 0.6 is 0 Å². The Hall–Kier alpha value is -3.34. The zero-order valence-corrected chi connectivity index (χ0v) is 13.2. The lowest BCUT2D eigenvalue weighted by atomic mass is 10.2. The summed E-state index contributed by atoms with van der Waals surface area (Å²) in [6.45, 7) is 0. The Morgan fingerprint density at radius 2 is 1.88 bits per heavy atom. The zero-order valence-electron chi connectivity index (χ0n) is 13.2. The van der Waals surface area contributed by atoms with E-state index in [1.807, 2.05) is 48.7 Å². The second kappa shape index (κ2) is 7.28. The van der Waals surface area contributed by atoms with Gasteiger partial charge in [-0.2, -0.15) is 5.10 Å². The van der Waals surface area contributed by atoms with Crippen molar-refractivity contribution in [3.05, 3.63) is 78.6 Å². The number of benzene rings is 2. The summed E-state index contributed by atoms with van der Waals surface area (Å²) in [4.78, 5) is 12.1. The number of ether oxygens (including phenoxy) is 1. The minimum atomic E-state index is -0.230. The maximum absolute atomic E-state index is 12.1. The Morgan fingerprint density at radius 1 is 1.12 bits per heavy atom. The first-order valence-electron chi connectivity index (χ1n) is 7.48. The number of para-hydroxylation sites is 3. The van der Waals surface area contributed by atoms with E-state index in [2.05, 4.69) is 10.4 Å². The van der Waals surface area contributed by atoms with Gasteiger partial charge in [0.2, 0.25) is 5.91 Å². The van der Waals surface area contributed by atoms with Crippen LogP contribution in [0.3, 0.4) is 0 Å². The van der Waals surface area contributed by atoms with E-state index in [0.717, 1.165) is 11.3 Å². The van der Waals surface area contributed by atoms with Gasteiger partial charge in [-0.1, -0.05) is 30.3 Å². The molecule has 0 saturated heterocycles. The fraction of sp³-hybridized carbons (Fsp3) is 0.0526. The summed E-state index contributed by atoms with van der Waals surface area (Å²) in [6, 6.07) is 17.1. The predicted molar refractivity (Wildman–Crippen MR) is 94.2 cm³/mol. The molecule has 1 amide bonds. The van der Waals surface area contributed by atoms with Gasteiger partial charge < -0.3 is 10.1 Å². The molecule has 0 bridgehead atoms. The number of anilines is 1. The van der Waals surface area contributed by atoms with Crippen LogP contribution in [-0.4, -0.2) is 22.8 Å². The van der Waals surface area contributed by atoms with Gasteiger partial charge in [0, 0.05) is 17.8 Å². The average Bonchev–Trinajstić information content (AvgIpc) is 3.10. The highest BCUT2D eigenvalue weighted by Gasteiger charge is 2.04. The van der Waals surface area contributed by atoms with Crippen LogP contribution in [0.25, 0.3) is 11.8 Å². The maximum atomic E-state index is 12.1. The van der Waals surface area contributed by atoms with E-state index in [4.69, 9.17) is 4.74 Å². The van der Waals surface area contributed by atoms with Crippen molar-refractivity contribution in [1.29, 1.82) is 0 Å². The number of hydrogen-bond acceptors (Lipinski definition) is 3. The van der Waals surface area contributed by atoms with E-state index in [9.17, 15) is 4.79 Å². The number of nitrogens with zero attached hydrogens (tertiary/aromatic N) is 2. The second-order valence-corrected chi connectivity index (χ2v) is 5.08. The standard InChI is InChI=1S/C19H17N3O2/c1-24-18-10-6-5-9-17(18)21-19(23)12-11-15-13-20-22(14-15)16-7-3-2-4-8-16/h2-14H,1H3,(H,21,23)/b12-11+. The van der Waals surface area contributed by atoms with Gasteiger partial charge in [-0.25, -0.2) is 4.68 Å². The number of methoxy groups -OCH3 is 1. The summed E-state index contributed by atoms with van der Waals surface area (Å²) >= 11 is 0. The van der Waals surface area contributed by atoms with E-state index in [1.165, 1.54) is 6.08 Å². The van der Waals surface area contributed by atoms with Gasteiger partial charge in [-0.15, -0.1) is 0 Å². The zero-order chi connectivity index (χ0) is 16.8. The monoisotopic (exact) mass is 319 g/mol. The van der Waals surface area contributed by atoms with Gasteiger partial charge in [-0.05, 0) is 30.3 Å². The fourth-order valence-electron chi connectivity index (χ4n) is 2.24. The number of aromatic nitrogens is 2. The van der Waals surface area contributed by atoms with E-state index in [0.29, 0.717) is 11.4 Å². The Morgan fingerprint density at radius 3 is 2.67 bits per heavy atom. The Labute approximate surface area is 140 Å². The second-order valence-electron chi connectivity index (χ2n) is 5.08. The van der Waals surface area contributed by atoms with Gasteiger partial charge in [0.25, 0.3) is 0 Å². The summed E-state index contributed by atoms with van der Waals surface area (Å²) in [7, 11) is 1.57. The molecular weight excluding hydrogens is 302 g/mol. The Balaban J connectivity index is 1.68. The summed E-state index contributed by atoms with van der Waals surface area (Å²) in [5.74, 6) is 0.392. The molecule has 0 aliphatic carbocycles. The van der Waals surface area contributed by atoms with E-state index >= 15 is 0 Å². The number of rotatable bonds is 5. The van der Waals surface area contributed by atoms with Crippen molar-refractivity contribution < 1.29 is 9.53 Å². The van der Waals surface area contributed by atoms with Crippen LogP contribution in [0.1, 0.15) is 5.56 Å². The molecule has 1 heterocycles. The Bertz CT molecular complexity index is 854. The third-order valence-corrected chi connectivity index (χ3v) is 3.42. The number of hydrogen-bond donors (Lipinski definition) is 1. The highest BCUT2D eigenvalue weighted by Crippen LogP contribution is 2.22. The van der Waals surface area contributed by atoms with Gasteiger partial charge in [-0.3, -0.25) is 4.79 Å². The third kappa shape index (κ3) is 3.70. The third-order valence-electron chi connectivity index (χ3n) is 3.42. The minimum Gasteiger partial charge on any atom is -0.495 e. The number of amides is 1. The molecule has 3 aromatic rings. The van der Waals surface area contributed by atoms with Crippen molar-refractivity contribution in [1.82, 2.24) is 9.78 Å². The van der Waals surface area contributed by atoms with Crippen LogP contribution in [0.15, 0.2) is 73.1 Å². The SMILES string of the molecule is COc1ccccc1NC(=O)/C=C/c1cnn(-c2ccccc2)c1. The highest BCUT2D eigenvalue weighted by atomic mass is 16.5. The molecular formula is C19H17N3O2. The smallest absolute Gasteiger partial charge is 0.248 e. The largest absolute Gasteiger partial charge is 0.495 e. The van der Waals surface area contributed by atoms with Crippen molar-refractivity contribution in [3.63, 3.8) is 0 Å². The molecule has 0 spiro atoms. The van der Waals surface area contributed by atoms with Crippen LogP contribution < -0.4 is 10.1 Å². The molecule has 120 valence electrons. The molecule has 24 heavy (non-hydrogen) atoms. The van der Waals surface area contributed by atoms with Crippen LogP contribution in [0, 0.1) is 0 Å². The van der Waals surface area contributed by atoms with E-state index < -0.39 is 0 Å². The molecule has 2 aromatic carbocycles. The molecule has 0 aliphatic rings. The summed E-state index contributed by atoms with van der Waals surface area (Å²) in [5, 5.41) is 7.08. The summed E-state index contributed by atoms with van der Waals surface area (Å²) in [5.41, 5.74) is 2.44. The van der Waals surface area contributed by atoms with Crippen LogP contribution in [0.5, 0.6) is 5.75 Å². The lowest BCUT2D eigenvalue weighted by molar-refractivity contribution is -0.111. The quantitative estimate of drug-likeness (QED) is 0.732. The molecule has 0 unspecified atom stereocenters. The first-order valence-corrected chi connectivity index (χ1v) is 7.48. The van der Waals surface area contributed by atoms with Crippen molar-refractivity contribution in [3.8, 4) is 11.4 Å². The molecule has 3 rings (SSSR count). The summed E-state index contributed by atoms with van der Waals surface area (Å²) in [6.07, 6.45) is 6.76. The van der Waals surface area contributed by atoms with Crippen LogP contribution in [-0.2, 0) is 4.79 Å². The highest BCUT2D eigenvalue weighted by molar-refractivity contribution is 6.02. The van der Waals surface area contributed by atoms with Gasteiger partial charge in [0.1, 0.15) is 5.75 Å².